The van der Waals surface area contributed by atoms with Crippen LogP contribution in [0.1, 0.15) is 0 Å². The van der Waals surface area contributed by atoms with E-state index in [1.165, 1.54) is 10.4 Å². The van der Waals surface area contributed by atoms with Gasteiger partial charge in [0.15, 0.2) is 11.5 Å². The average Bonchev–Trinajstić information content (AvgIpc) is 3.27. The Balaban J connectivity index is 1.32. The molecule has 0 spiro atoms. The lowest BCUT2D eigenvalue weighted by molar-refractivity contribution is 0.174. The second-order valence-corrected chi connectivity index (χ2v) is 9.45. The van der Waals surface area contributed by atoms with Crippen molar-refractivity contribution in [3.05, 3.63) is 59.8 Å². The molecule has 1 aromatic heterocycles. The molecule has 2 aromatic carbocycles. The van der Waals surface area contributed by atoms with Crippen molar-refractivity contribution in [2.45, 2.75) is 4.90 Å². The standard InChI is InChI=1S/C21H19ClN4O4S/c22-16-3-1-2-4-20(16)31(27,28)26-11-9-25(10-12-26)21-23-8-7-17(24-21)15-5-6-18-19(13-15)30-14-29-18/h1-8,13H,9-12,14H2. The van der Waals surface area contributed by atoms with Crippen LogP contribution >= 0.6 is 11.6 Å². The molecule has 0 bridgehead atoms. The molecule has 31 heavy (non-hydrogen) atoms. The number of aromatic nitrogens is 2. The van der Waals surface area contributed by atoms with E-state index in [1.54, 1.807) is 24.4 Å². The maximum Gasteiger partial charge on any atom is 0.244 e. The van der Waals surface area contributed by atoms with Crippen LogP contribution in [0, 0.1) is 0 Å². The van der Waals surface area contributed by atoms with Crippen molar-refractivity contribution in [1.29, 1.82) is 0 Å². The Bertz CT molecular complexity index is 1230. The van der Waals surface area contributed by atoms with E-state index in [9.17, 15) is 8.42 Å². The van der Waals surface area contributed by atoms with E-state index in [-0.39, 0.29) is 16.7 Å². The molecule has 1 saturated heterocycles. The molecule has 0 N–H and O–H groups in total. The number of sulfonamides is 1. The van der Waals surface area contributed by atoms with Gasteiger partial charge in [-0.15, -0.1) is 0 Å². The number of anilines is 1. The van der Waals surface area contributed by atoms with Gasteiger partial charge >= 0.3 is 0 Å². The van der Waals surface area contributed by atoms with Crippen LogP contribution in [0.3, 0.4) is 0 Å². The Kier molecular flexibility index (Phi) is 5.17. The first-order chi connectivity index (χ1) is 15.0. The zero-order valence-corrected chi connectivity index (χ0v) is 18.0. The summed E-state index contributed by atoms with van der Waals surface area (Å²) in [5.41, 5.74) is 1.65. The van der Waals surface area contributed by atoms with E-state index in [0.29, 0.717) is 43.6 Å². The molecule has 8 nitrogen and oxygen atoms in total. The molecule has 160 valence electrons. The number of hydrogen-bond acceptors (Lipinski definition) is 7. The van der Waals surface area contributed by atoms with E-state index in [4.69, 9.17) is 21.1 Å². The number of benzene rings is 2. The molecule has 3 aromatic rings. The molecule has 1 fully saturated rings. The minimum atomic E-state index is -3.65. The minimum absolute atomic E-state index is 0.131. The third-order valence-electron chi connectivity index (χ3n) is 5.29. The fraction of sp³-hybridized carbons (Fsp3) is 0.238. The second kappa shape index (κ2) is 7.99. The van der Waals surface area contributed by atoms with E-state index in [1.807, 2.05) is 29.2 Å². The predicted octanol–water partition coefficient (Wildman–Crippen LogP) is 3.04. The highest BCUT2D eigenvalue weighted by molar-refractivity contribution is 7.89. The zero-order valence-electron chi connectivity index (χ0n) is 16.4. The summed E-state index contributed by atoms with van der Waals surface area (Å²) in [5, 5.41) is 0.227. The number of halogens is 1. The highest BCUT2D eigenvalue weighted by atomic mass is 35.5. The summed E-state index contributed by atoms with van der Waals surface area (Å²) in [5.74, 6) is 1.97. The number of ether oxygens (including phenoxy) is 2. The van der Waals surface area contributed by atoms with Crippen LogP contribution in [0.5, 0.6) is 11.5 Å². The van der Waals surface area contributed by atoms with Gasteiger partial charge in [0.2, 0.25) is 22.8 Å². The maximum absolute atomic E-state index is 13.0. The largest absolute Gasteiger partial charge is 0.454 e. The van der Waals surface area contributed by atoms with Crippen LogP contribution in [0.2, 0.25) is 5.02 Å². The van der Waals surface area contributed by atoms with E-state index >= 15 is 0 Å². The molecule has 0 radical (unpaired) electrons. The van der Waals surface area contributed by atoms with Crippen LogP contribution in [0.25, 0.3) is 11.3 Å². The van der Waals surface area contributed by atoms with Gasteiger partial charge in [-0.05, 0) is 36.4 Å². The summed E-state index contributed by atoms with van der Waals surface area (Å²) in [4.78, 5) is 11.2. The lowest BCUT2D eigenvalue weighted by Crippen LogP contribution is -2.49. The molecule has 10 heteroatoms. The first-order valence-electron chi connectivity index (χ1n) is 9.75. The van der Waals surface area contributed by atoms with Gasteiger partial charge < -0.3 is 14.4 Å². The highest BCUT2D eigenvalue weighted by Crippen LogP contribution is 2.35. The fourth-order valence-electron chi connectivity index (χ4n) is 3.64. The van der Waals surface area contributed by atoms with E-state index < -0.39 is 10.0 Å². The summed E-state index contributed by atoms with van der Waals surface area (Å²) in [6, 6.07) is 14.0. The van der Waals surface area contributed by atoms with Gasteiger partial charge in [-0.2, -0.15) is 4.31 Å². The monoisotopic (exact) mass is 458 g/mol. The Morgan fingerprint density at radius 2 is 1.71 bits per heavy atom. The number of nitrogens with zero attached hydrogens (tertiary/aromatic N) is 4. The van der Waals surface area contributed by atoms with E-state index in [2.05, 4.69) is 9.97 Å². The molecule has 0 amide bonds. The lowest BCUT2D eigenvalue weighted by atomic mass is 10.1. The Hall–Kier alpha value is -2.88. The van der Waals surface area contributed by atoms with Gasteiger partial charge in [0.25, 0.3) is 0 Å². The highest BCUT2D eigenvalue weighted by Gasteiger charge is 2.30. The predicted molar refractivity (Wildman–Crippen MR) is 116 cm³/mol. The summed E-state index contributed by atoms with van der Waals surface area (Å²) >= 11 is 6.11. The summed E-state index contributed by atoms with van der Waals surface area (Å²) < 4.78 is 38.2. The molecule has 2 aliphatic heterocycles. The van der Waals surface area contributed by atoms with Crippen molar-refractivity contribution >= 4 is 27.6 Å². The molecule has 0 unspecified atom stereocenters. The van der Waals surface area contributed by atoms with Gasteiger partial charge in [-0.1, -0.05) is 23.7 Å². The Labute approximate surface area is 185 Å². The molecule has 5 rings (SSSR count). The molecular weight excluding hydrogens is 440 g/mol. The third-order valence-corrected chi connectivity index (χ3v) is 7.69. The van der Waals surface area contributed by atoms with Gasteiger partial charge in [-0.25, -0.2) is 18.4 Å². The minimum Gasteiger partial charge on any atom is -0.454 e. The van der Waals surface area contributed by atoms with Gasteiger partial charge in [0.05, 0.1) is 10.7 Å². The molecule has 2 aliphatic rings. The van der Waals surface area contributed by atoms with Gasteiger partial charge in [-0.3, -0.25) is 0 Å². The molecule has 0 atom stereocenters. The molecular formula is C21H19ClN4O4S. The van der Waals surface area contributed by atoms with Gasteiger partial charge in [0.1, 0.15) is 4.90 Å². The Morgan fingerprint density at radius 3 is 2.52 bits per heavy atom. The Morgan fingerprint density at radius 1 is 0.935 bits per heavy atom. The van der Waals surface area contributed by atoms with Crippen molar-refractivity contribution in [2.75, 3.05) is 37.9 Å². The first kappa shape index (κ1) is 20.0. The summed E-state index contributed by atoms with van der Waals surface area (Å²) in [7, 11) is -3.65. The SMILES string of the molecule is O=S(=O)(c1ccccc1Cl)N1CCN(c2nccc(-c3ccc4c(c3)OCO4)n2)CC1. The van der Waals surface area contributed by atoms with E-state index in [0.717, 1.165) is 11.3 Å². The number of piperazine rings is 1. The van der Waals surface area contributed by atoms with Crippen LogP contribution in [-0.4, -0.2) is 55.7 Å². The second-order valence-electron chi connectivity index (χ2n) is 7.13. The van der Waals surface area contributed by atoms with Crippen LogP contribution in [0.15, 0.2) is 59.6 Å². The normalized spacial score (nSPS) is 16.5. The zero-order chi connectivity index (χ0) is 21.4. The quantitative estimate of drug-likeness (QED) is 0.594. The lowest BCUT2D eigenvalue weighted by Gasteiger charge is -2.34. The fourth-order valence-corrected chi connectivity index (χ4v) is 5.55. The van der Waals surface area contributed by atoms with Crippen LogP contribution in [0.4, 0.5) is 5.95 Å². The van der Waals surface area contributed by atoms with Crippen LogP contribution in [-0.2, 0) is 10.0 Å². The number of rotatable bonds is 4. The van der Waals surface area contributed by atoms with Crippen molar-refractivity contribution in [3.8, 4) is 22.8 Å². The number of hydrogen-bond donors (Lipinski definition) is 0. The van der Waals surface area contributed by atoms with Crippen molar-refractivity contribution < 1.29 is 17.9 Å². The first-order valence-corrected chi connectivity index (χ1v) is 11.6. The molecule has 0 aliphatic carbocycles. The smallest absolute Gasteiger partial charge is 0.244 e. The maximum atomic E-state index is 13.0. The van der Waals surface area contributed by atoms with Crippen LogP contribution < -0.4 is 14.4 Å². The summed E-state index contributed by atoms with van der Waals surface area (Å²) in [6.45, 7) is 1.83. The van der Waals surface area contributed by atoms with Crippen molar-refractivity contribution in [3.63, 3.8) is 0 Å². The average molecular weight is 459 g/mol. The van der Waals surface area contributed by atoms with Gasteiger partial charge in [0, 0.05) is 37.9 Å². The summed E-state index contributed by atoms with van der Waals surface area (Å²) in [6.07, 6.45) is 1.70. The third kappa shape index (κ3) is 3.80. The molecule has 3 heterocycles. The molecule has 0 saturated carbocycles. The number of fused-ring (bicyclic) bond motifs is 1. The van der Waals surface area contributed by atoms with Crippen molar-refractivity contribution in [2.24, 2.45) is 0 Å². The topological polar surface area (TPSA) is 84.9 Å². The van der Waals surface area contributed by atoms with Crippen molar-refractivity contribution in [1.82, 2.24) is 14.3 Å².